The molecule has 0 aromatic heterocycles. The van der Waals surface area contributed by atoms with Crippen LogP contribution in [0.15, 0.2) is 71.9 Å². The molecule has 6 aliphatic heterocycles. The number of halogens is 2. The SMILES string of the molecule is C.COc1cc2cc(c1Cl)N(C)C(=O)CC(OC(=O)C(C)N(C)C(=O)CCSC(=O)CCC(C)SSCCC(=O)N(C)C(C)C(=O)OC1CC(=O)N(C)c3cc(cc(C)c3Cl)C/C(C)=C/C=C/C(C)C3(O)CC(OC(=O)N3)C(C)C3OC13C)C1(C)OC1C(C)C1CC(O)(NC(=O)O1)C(OC)/C=C/C=C(\C)C2. The smallest absolute Gasteiger partial charge is 0.409 e. The fourth-order valence-electron chi connectivity index (χ4n) is 13.7. The second-order valence-electron chi connectivity index (χ2n) is 29.0. The zero-order valence-corrected chi connectivity index (χ0v) is 66.8. The lowest BCUT2D eigenvalue weighted by Crippen LogP contribution is -2.63. The number of hydrogen-bond donors (Lipinski definition) is 4. The molecule has 0 aliphatic carbocycles. The molecule has 4 saturated heterocycles. The number of fused-ring (bicyclic) bond motifs is 10. The Morgan fingerprint density at radius 2 is 1.14 bits per heavy atom. The molecule has 6 heterocycles. The number of allylic oxidation sites excluding steroid dienone is 6. The van der Waals surface area contributed by atoms with Crippen LogP contribution >= 0.6 is 56.6 Å². The average Bonchev–Trinajstić information content (AvgIpc) is 1.57. The Morgan fingerprint density at radius 3 is 1.64 bits per heavy atom. The summed E-state index contributed by atoms with van der Waals surface area (Å²) >= 11 is 14.7. The largest absolute Gasteiger partial charge is 0.495 e. The summed E-state index contributed by atoms with van der Waals surface area (Å²) in [5, 5.41) is 29.3. The van der Waals surface area contributed by atoms with Gasteiger partial charge >= 0.3 is 24.1 Å². The number of rotatable bonds is 19. The molecule has 4 N–H and O–H groups in total. The molecule has 30 heteroatoms. The maximum Gasteiger partial charge on any atom is 0.409 e. The van der Waals surface area contributed by atoms with Crippen LogP contribution in [0.4, 0.5) is 21.0 Å². The van der Waals surface area contributed by atoms with Crippen LogP contribution in [0.3, 0.4) is 0 Å². The monoisotopic (exact) mass is 1570 g/mol. The van der Waals surface area contributed by atoms with Gasteiger partial charge in [0, 0.05) is 102 Å². The highest BCUT2D eigenvalue weighted by atomic mass is 35.5. The van der Waals surface area contributed by atoms with Gasteiger partial charge < -0.3 is 67.7 Å². The first kappa shape index (κ1) is 86.9. The minimum Gasteiger partial charge on any atom is -0.495 e. The van der Waals surface area contributed by atoms with Crippen molar-refractivity contribution in [3.63, 3.8) is 0 Å². The van der Waals surface area contributed by atoms with E-state index in [1.165, 1.54) is 83.3 Å². The second kappa shape index (κ2) is 36.5. The number of amides is 6. The third-order valence-corrected chi connectivity index (χ3v) is 25.9. The van der Waals surface area contributed by atoms with Crippen molar-refractivity contribution in [1.29, 1.82) is 0 Å². The minimum atomic E-state index is -1.90. The molecule has 17 unspecified atom stereocenters. The van der Waals surface area contributed by atoms with Gasteiger partial charge in [-0.2, -0.15) is 0 Å². The number of esters is 2. The van der Waals surface area contributed by atoms with Crippen LogP contribution in [0.2, 0.25) is 10.0 Å². The predicted octanol–water partition coefficient (Wildman–Crippen LogP) is 11.2. The Balaban J connectivity index is 0.0000157. The number of thioether (sulfide) groups is 1. The van der Waals surface area contributed by atoms with Gasteiger partial charge in [-0.25, -0.2) is 19.2 Å². The summed E-state index contributed by atoms with van der Waals surface area (Å²) in [4.78, 5) is 129. The molecule has 17 atom stereocenters. The van der Waals surface area contributed by atoms with Gasteiger partial charge in [0.05, 0.1) is 48.6 Å². The van der Waals surface area contributed by atoms with Crippen molar-refractivity contribution >= 4 is 121 Å². The van der Waals surface area contributed by atoms with Crippen molar-refractivity contribution in [3.05, 3.63) is 98.6 Å². The number of ether oxygens (including phenoxy) is 8. The molecule has 8 bridgehead atoms. The molecule has 2 aromatic rings. The Kier molecular flexibility index (Phi) is 29.9. The summed E-state index contributed by atoms with van der Waals surface area (Å²) in [6.07, 6.45) is 3.20. The Morgan fingerprint density at radius 1 is 0.679 bits per heavy atom. The number of anilines is 2. The summed E-state index contributed by atoms with van der Waals surface area (Å²) in [6, 6.07) is 5.08. The van der Waals surface area contributed by atoms with Crippen molar-refractivity contribution in [3.8, 4) is 5.75 Å². The predicted molar refractivity (Wildman–Crippen MR) is 411 cm³/mol. The number of methoxy groups -OCH3 is 2. The number of alkyl carbamates (subject to hydrolysis) is 2. The summed E-state index contributed by atoms with van der Waals surface area (Å²) < 4.78 is 47.9. The molecule has 4 fully saturated rings. The van der Waals surface area contributed by atoms with Gasteiger partial charge in [0.25, 0.3) is 0 Å². The molecule has 6 amide bonds. The van der Waals surface area contributed by atoms with Crippen LogP contribution in [0, 0.1) is 24.7 Å². The molecular formula is C76H106Cl2N6O19S3. The van der Waals surface area contributed by atoms with Crippen LogP contribution in [0.5, 0.6) is 5.75 Å². The second-order valence-corrected chi connectivity index (χ2v) is 33.9. The van der Waals surface area contributed by atoms with E-state index in [1.807, 2.05) is 71.1 Å². The fraction of sp³-hybridized carbons (Fsp3) is 0.618. The van der Waals surface area contributed by atoms with E-state index < -0.39 is 143 Å². The van der Waals surface area contributed by atoms with E-state index in [0.717, 1.165) is 39.6 Å². The van der Waals surface area contributed by atoms with Crippen molar-refractivity contribution in [2.75, 3.05) is 63.7 Å². The zero-order valence-electron chi connectivity index (χ0n) is 62.9. The summed E-state index contributed by atoms with van der Waals surface area (Å²) in [5.41, 5.74) is -1.09. The molecule has 2 aromatic carbocycles. The number of epoxide rings is 2. The van der Waals surface area contributed by atoms with Gasteiger partial charge in [0.1, 0.15) is 70.3 Å². The molecule has 25 nitrogen and oxygen atoms in total. The van der Waals surface area contributed by atoms with Crippen LogP contribution in [-0.4, -0.2) is 210 Å². The summed E-state index contributed by atoms with van der Waals surface area (Å²) in [7, 11) is 11.9. The maximum atomic E-state index is 14.5. The van der Waals surface area contributed by atoms with Crippen LogP contribution < -0.4 is 25.2 Å². The van der Waals surface area contributed by atoms with E-state index in [0.29, 0.717) is 47.2 Å². The highest BCUT2D eigenvalue weighted by molar-refractivity contribution is 8.76. The zero-order chi connectivity index (χ0) is 77.5. The van der Waals surface area contributed by atoms with E-state index in [1.54, 1.807) is 66.1 Å². The Labute approximate surface area is 645 Å². The lowest BCUT2D eigenvalue weighted by molar-refractivity contribution is -0.162. The third-order valence-electron chi connectivity index (χ3n) is 21.2. The number of benzene rings is 2. The third kappa shape index (κ3) is 20.8. The summed E-state index contributed by atoms with van der Waals surface area (Å²) in [6.45, 7) is 19.5. The molecule has 8 rings (SSSR count). The molecule has 106 heavy (non-hydrogen) atoms. The number of aliphatic hydroxyl groups is 2. The van der Waals surface area contributed by atoms with Crippen molar-refractivity contribution in [2.24, 2.45) is 17.8 Å². The number of likely N-dealkylation sites (N-methyl/N-ethyl adjacent to an activating group) is 2. The molecule has 0 spiro atoms. The number of aryl methyl sites for hydroxylation is 1. The lowest BCUT2D eigenvalue weighted by Gasteiger charge is -2.42. The van der Waals surface area contributed by atoms with Gasteiger partial charge in [-0.3, -0.25) is 34.6 Å². The lowest BCUT2D eigenvalue weighted by atomic mass is 9.82. The Bertz CT molecular complexity index is 3750. The van der Waals surface area contributed by atoms with Gasteiger partial charge in [0.15, 0.2) is 10.8 Å². The number of nitrogens with zero attached hydrogens (tertiary/aromatic N) is 4. The van der Waals surface area contributed by atoms with Crippen LogP contribution in [-0.2, 0) is 79.6 Å². The number of carbonyl (C=O) groups excluding carboxylic acids is 9. The topological polar surface area (TPSA) is 312 Å². The molecule has 0 radical (unpaired) electrons. The standard InChI is InChI=1S/C75H102Cl2N6O19S3.CH4/c1-40-20-18-22-43(4)74(93)38-54(97-70(91)78-74)45(6)66-72(10,101-66)57(36-61(86)82(14)51-33-49(30-40)32-42(3)64(51)76)99-69(90)48(9)81(13)60(85)27-29-104-105-44(5)24-25-63(88)103-28-26-59(84)80(12)47(8)68(89)100-58-37-62(87)83(15)52-34-50(35-53(95-16)65(52)77)31-41(2)21-19-23-56(96-17)75(94)39-55(98-71(92)79-75)46(7)67-73(58,11)102-67;/h18-23,32-35,43-48,54-58,66-67,93-94H,24-31,36-39H2,1-17H3,(H,78,91)(H,79,92);1H4/b22-18+,23-19+,40-20+,41-21+;. The van der Waals surface area contributed by atoms with Gasteiger partial charge in [-0.05, 0) is 103 Å². The molecular weight excluding hydrogens is 1470 g/mol. The van der Waals surface area contributed by atoms with E-state index >= 15 is 0 Å². The van der Waals surface area contributed by atoms with Crippen LogP contribution in [0.1, 0.15) is 145 Å². The van der Waals surface area contributed by atoms with Crippen molar-refractivity contribution < 1.29 is 91.3 Å². The van der Waals surface area contributed by atoms with E-state index in [4.69, 9.17) is 61.1 Å². The van der Waals surface area contributed by atoms with Crippen molar-refractivity contribution in [2.45, 2.75) is 231 Å². The molecule has 6 aliphatic rings. The highest BCUT2D eigenvalue weighted by Crippen LogP contribution is 2.51. The quantitative estimate of drug-likeness (QED) is 0.0334. The van der Waals surface area contributed by atoms with E-state index in [-0.39, 0.29) is 73.0 Å². The first-order valence-corrected chi connectivity index (χ1v) is 39.4. The minimum absolute atomic E-state index is 0. The number of nitrogens with one attached hydrogen (secondary N) is 2. The first-order valence-electron chi connectivity index (χ1n) is 35.3. The fourth-order valence-corrected chi connectivity index (χ4v) is 17.4. The van der Waals surface area contributed by atoms with Gasteiger partial charge in [-0.15, -0.1) is 0 Å². The number of carbonyl (C=O) groups is 9. The van der Waals surface area contributed by atoms with E-state index in [2.05, 4.69) is 10.6 Å². The van der Waals surface area contributed by atoms with Crippen molar-refractivity contribution in [1.82, 2.24) is 20.4 Å². The first-order chi connectivity index (χ1) is 49.3. The van der Waals surface area contributed by atoms with Gasteiger partial charge in [0.2, 0.25) is 23.6 Å². The van der Waals surface area contributed by atoms with E-state index in [9.17, 15) is 53.4 Å². The Hall–Kier alpha value is -6.34. The molecule has 0 saturated carbocycles. The molecule has 586 valence electrons. The van der Waals surface area contributed by atoms with Crippen LogP contribution in [0.25, 0.3) is 0 Å². The normalized spacial score (nSPS) is 31.6. The maximum absolute atomic E-state index is 14.5. The summed E-state index contributed by atoms with van der Waals surface area (Å²) in [5.74, 6) is -4.19. The average molecular weight is 1570 g/mol. The highest BCUT2D eigenvalue weighted by Gasteiger charge is 2.66. The number of hydrogen-bond acceptors (Lipinski definition) is 22. The van der Waals surface area contributed by atoms with Gasteiger partial charge in [-0.1, -0.05) is 145 Å².